The first-order valence-electron chi connectivity index (χ1n) is 31.4. The van der Waals surface area contributed by atoms with Crippen LogP contribution in [-0.2, 0) is 32.7 Å². The van der Waals surface area contributed by atoms with Crippen LogP contribution in [0, 0.1) is 0 Å². The van der Waals surface area contributed by atoms with Gasteiger partial charge >= 0.3 is 19.8 Å². The summed E-state index contributed by atoms with van der Waals surface area (Å²) in [6.07, 6.45) is 78.2. The number of esters is 2. The monoisotopic (exact) mass is 1070 g/mol. The van der Waals surface area contributed by atoms with Crippen LogP contribution in [0.1, 0.15) is 296 Å². The first-order valence-corrected chi connectivity index (χ1v) is 32.9. The Morgan fingerprint density at radius 3 is 1.09 bits per heavy atom. The van der Waals surface area contributed by atoms with E-state index in [1.165, 1.54) is 193 Å². The highest BCUT2D eigenvalue weighted by atomic mass is 31.2. The fourth-order valence-electron chi connectivity index (χ4n) is 8.95. The molecule has 0 aliphatic carbocycles. The van der Waals surface area contributed by atoms with Gasteiger partial charge in [0.25, 0.3) is 0 Å². The minimum Gasteiger partial charge on any atom is -0.462 e. The topological polar surface area (TPSA) is 134 Å². The maximum absolute atomic E-state index is 12.7. The van der Waals surface area contributed by atoms with Crippen molar-refractivity contribution in [3.8, 4) is 0 Å². The number of ether oxygens (including phenoxy) is 2. The van der Waals surface area contributed by atoms with E-state index in [4.69, 9.17) is 24.3 Å². The van der Waals surface area contributed by atoms with Gasteiger partial charge in [0.2, 0.25) is 0 Å². The Kier molecular flexibility index (Phi) is 58.6. The van der Waals surface area contributed by atoms with Gasteiger partial charge in [-0.1, -0.05) is 273 Å². The number of carbonyl (C=O) groups is 2. The van der Waals surface area contributed by atoms with Crippen molar-refractivity contribution in [3.05, 3.63) is 72.9 Å². The lowest BCUT2D eigenvalue weighted by Crippen LogP contribution is -2.29. The number of carbonyl (C=O) groups excluding carboxylic acids is 2. The molecular weight excluding hydrogens is 954 g/mol. The molecule has 2 atom stereocenters. The number of phosphoric ester groups is 1. The fourth-order valence-corrected chi connectivity index (χ4v) is 9.72. The van der Waals surface area contributed by atoms with E-state index >= 15 is 0 Å². The van der Waals surface area contributed by atoms with Crippen LogP contribution < -0.4 is 5.73 Å². The maximum atomic E-state index is 12.7. The molecule has 0 radical (unpaired) electrons. The van der Waals surface area contributed by atoms with Crippen molar-refractivity contribution >= 4 is 19.8 Å². The third-order valence-corrected chi connectivity index (χ3v) is 14.6. The molecule has 10 heteroatoms. The summed E-state index contributed by atoms with van der Waals surface area (Å²) in [7, 11) is -4.39. The van der Waals surface area contributed by atoms with E-state index in [0.717, 1.165) is 70.6 Å². The van der Waals surface area contributed by atoms with E-state index in [2.05, 4.69) is 86.8 Å². The molecule has 436 valence electrons. The second kappa shape index (κ2) is 60.7. The van der Waals surface area contributed by atoms with Crippen LogP contribution in [0.15, 0.2) is 72.9 Å². The normalized spacial score (nSPS) is 13.5. The molecule has 0 aliphatic heterocycles. The molecule has 0 aromatic carbocycles. The zero-order valence-electron chi connectivity index (χ0n) is 48.8. The van der Waals surface area contributed by atoms with Crippen LogP contribution in [0.2, 0.25) is 0 Å². The third kappa shape index (κ3) is 60.5. The second-order valence-corrected chi connectivity index (χ2v) is 22.3. The number of rotatable bonds is 59. The molecule has 0 saturated carbocycles. The fraction of sp³-hybridized carbons (Fsp3) is 0.785. The van der Waals surface area contributed by atoms with Gasteiger partial charge < -0.3 is 20.1 Å². The highest BCUT2D eigenvalue weighted by Gasteiger charge is 2.26. The molecule has 75 heavy (non-hydrogen) atoms. The Hall–Kier alpha value is -2.55. The van der Waals surface area contributed by atoms with E-state index in [0.29, 0.717) is 6.42 Å². The first-order chi connectivity index (χ1) is 36.8. The molecule has 3 N–H and O–H groups in total. The molecule has 0 aliphatic rings. The van der Waals surface area contributed by atoms with E-state index in [9.17, 15) is 19.0 Å². The Bertz CT molecular complexity index is 1460. The summed E-state index contributed by atoms with van der Waals surface area (Å²) in [5.74, 6) is -0.819. The van der Waals surface area contributed by atoms with Crippen molar-refractivity contribution in [2.45, 2.75) is 302 Å². The van der Waals surface area contributed by atoms with E-state index in [-0.39, 0.29) is 38.6 Å². The lowest BCUT2D eigenvalue weighted by Gasteiger charge is -2.19. The van der Waals surface area contributed by atoms with Gasteiger partial charge in [0.05, 0.1) is 13.2 Å². The van der Waals surface area contributed by atoms with Crippen LogP contribution in [0.4, 0.5) is 0 Å². The van der Waals surface area contributed by atoms with E-state index < -0.39 is 26.5 Å². The van der Waals surface area contributed by atoms with Crippen LogP contribution in [0.5, 0.6) is 0 Å². The van der Waals surface area contributed by atoms with Crippen molar-refractivity contribution in [2.75, 3.05) is 26.4 Å². The molecule has 0 bridgehead atoms. The summed E-state index contributed by atoms with van der Waals surface area (Å²) >= 11 is 0. The lowest BCUT2D eigenvalue weighted by molar-refractivity contribution is -0.161. The van der Waals surface area contributed by atoms with Gasteiger partial charge in [-0.2, -0.15) is 0 Å². The van der Waals surface area contributed by atoms with Crippen LogP contribution in [-0.4, -0.2) is 49.3 Å². The van der Waals surface area contributed by atoms with Gasteiger partial charge in [0.1, 0.15) is 6.61 Å². The van der Waals surface area contributed by atoms with Crippen molar-refractivity contribution in [1.29, 1.82) is 0 Å². The van der Waals surface area contributed by atoms with Crippen LogP contribution in [0.3, 0.4) is 0 Å². The van der Waals surface area contributed by atoms with Crippen molar-refractivity contribution in [1.82, 2.24) is 0 Å². The zero-order chi connectivity index (χ0) is 54.5. The Morgan fingerprint density at radius 2 is 0.733 bits per heavy atom. The molecule has 0 aromatic heterocycles. The second-order valence-electron chi connectivity index (χ2n) is 20.9. The van der Waals surface area contributed by atoms with Gasteiger partial charge in [-0.05, 0) is 83.5 Å². The summed E-state index contributed by atoms with van der Waals surface area (Å²) in [4.78, 5) is 35.3. The van der Waals surface area contributed by atoms with Crippen LogP contribution >= 0.6 is 7.82 Å². The quantitative estimate of drug-likeness (QED) is 0.0264. The summed E-state index contributed by atoms with van der Waals surface area (Å²) in [5.41, 5.74) is 5.39. The molecule has 0 fully saturated rings. The predicted molar refractivity (Wildman–Crippen MR) is 321 cm³/mol. The number of nitrogens with two attached hydrogens (primary N) is 1. The molecule has 2 unspecified atom stereocenters. The summed E-state index contributed by atoms with van der Waals surface area (Å²) < 4.78 is 33.1. The molecule has 9 nitrogen and oxygen atoms in total. The molecule has 0 saturated heterocycles. The first kappa shape index (κ1) is 72.5. The predicted octanol–water partition coefficient (Wildman–Crippen LogP) is 20.1. The largest absolute Gasteiger partial charge is 0.472 e. The minimum absolute atomic E-state index is 0.0524. The zero-order valence-corrected chi connectivity index (χ0v) is 49.7. The van der Waals surface area contributed by atoms with Crippen molar-refractivity contribution < 1.29 is 37.6 Å². The molecule has 0 rings (SSSR count). The minimum atomic E-state index is -4.39. The molecule has 0 spiro atoms. The number of hydrogen-bond donors (Lipinski definition) is 2. The van der Waals surface area contributed by atoms with E-state index in [1.54, 1.807) is 0 Å². The number of phosphoric acid groups is 1. The maximum Gasteiger partial charge on any atom is 0.472 e. The highest BCUT2D eigenvalue weighted by Crippen LogP contribution is 2.43. The summed E-state index contributed by atoms with van der Waals surface area (Å²) in [6, 6.07) is 0. The number of allylic oxidation sites excluding steroid dienone is 12. The van der Waals surface area contributed by atoms with Gasteiger partial charge in [-0.15, -0.1) is 0 Å². The van der Waals surface area contributed by atoms with Crippen LogP contribution in [0.25, 0.3) is 0 Å². The summed E-state index contributed by atoms with van der Waals surface area (Å²) in [5, 5.41) is 0. The van der Waals surface area contributed by atoms with E-state index in [1.807, 2.05) is 0 Å². The standard InChI is InChI=1S/C65H118NO8P/c1-3-5-7-9-11-13-15-17-19-21-23-25-27-29-30-31-32-34-36-38-40-42-44-46-48-50-52-54-56-58-65(68)74-63(62-73-75(69,70)72-60-59-66)61-71-64(67)57-55-53-51-49-47-45-43-41-39-37-35-33-28-26-24-22-20-18-16-14-12-10-8-6-4-2/h5,7,11,13,16-19,22-25,63H,3-4,6,8-10,12,14-15,20-21,26-62,66H2,1-2H3,(H,69,70)/b7-5-,13-11-,18-16-,19-17-,24-22-,25-23-. The number of unbranched alkanes of at least 4 members (excludes halogenated alkanes) is 34. The van der Waals surface area contributed by atoms with Gasteiger partial charge in [0.15, 0.2) is 6.10 Å². The highest BCUT2D eigenvalue weighted by molar-refractivity contribution is 7.47. The smallest absolute Gasteiger partial charge is 0.462 e. The molecule has 0 aromatic rings. The third-order valence-electron chi connectivity index (χ3n) is 13.6. The average Bonchev–Trinajstić information content (AvgIpc) is 3.40. The molecular formula is C65H118NO8P. The molecule has 0 heterocycles. The lowest BCUT2D eigenvalue weighted by atomic mass is 10.0. The Morgan fingerprint density at radius 1 is 0.413 bits per heavy atom. The average molecular weight is 1070 g/mol. The summed E-state index contributed by atoms with van der Waals surface area (Å²) in [6.45, 7) is 3.66. The van der Waals surface area contributed by atoms with Crippen molar-refractivity contribution in [3.63, 3.8) is 0 Å². The van der Waals surface area contributed by atoms with Gasteiger partial charge in [0, 0.05) is 19.4 Å². The molecule has 0 amide bonds. The van der Waals surface area contributed by atoms with Crippen molar-refractivity contribution in [2.24, 2.45) is 5.73 Å². The SMILES string of the molecule is CC/C=C\C/C=C\C/C=C\C/C=C\CCCCCCCCCCCCCCCCCCC(=O)OC(COC(=O)CCCCCCCCCCCCCCC/C=C\C/C=C\CCCCCCC)COP(=O)(O)OCCN. The van der Waals surface area contributed by atoms with Gasteiger partial charge in [-0.25, -0.2) is 4.57 Å². The number of hydrogen-bond acceptors (Lipinski definition) is 8. The Labute approximate surface area is 462 Å². The Balaban J connectivity index is 3.91. The van der Waals surface area contributed by atoms with Gasteiger partial charge in [-0.3, -0.25) is 18.6 Å².